The number of benzene rings is 3. The zero-order valence-corrected chi connectivity index (χ0v) is 20.8. The molecule has 2 aliphatic rings. The van der Waals surface area contributed by atoms with Gasteiger partial charge < -0.3 is 14.8 Å². The molecule has 8 heteroatoms. The molecule has 1 aliphatic carbocycles. The number of hydrogen-bond acceptors (Lipinski definition) is 6. The molecule has 0 atom stereocenters. The van der Waals surface area contributed by atoms with E-state index in [9.17, 15) is 9.59 Å². The van der Waals surface area contributed by atoms with E-state index in [2.05, 4.69) is 21.2 Å². The van der Waals surface area contributed by atoms with E-state index in [4.69, 9.17) is 14.5 Å². The van der Waals surface area contributed by atoms with Crippen LogP contribution in [0.2, 0.25) is 0 Å². The molecule has 1 amide bonds. The van der Waals surface area contributed by atoms with Crippen molar-refractivity contribution >= 4 is 44.1 Å². The van der Waals surface area contributed by atoms with Crippen LogP contribution in [0.15, 0.2) is 77.3 Å². The highest BCUT2D eigenvalue weighted by molar-refractivity contribution is 9.10. The Morgan fingerprint density at radius 1 is 0.943 bits per heavy atom. The summed E-state index contributed by atoms with van der Waals surface area (Å²) < 4.78 is 11.7. The number of hydrogen-bond donors (Lipinski definition) is 1. The first-order valence-corrected chi connectivity index (χ1v) is 12.7. The van der Waals surface area contributed by atoms with Crippen LogP contribution < -0.4 is 14.8 Å². The summed E-state index contributed by atoms with van der Waals surface area (Å²) in [5, 5.41) is 3.40. The van der Waals surface area contributed by atoms with E-state index < -0.39 is 5.41 Å². The number of carbonyl (C=O) groups is 2. The van der Waals surface area contributed by atoms with Crippen molar-refractivity contribution in [2.75, 3.05) is 12.1 Å². The van der Waals surface area contributed by atoms with Crippen LogP contribution in [-0.4, -0.2) is 23.5 Å². The van der Waals surface area contributed by atoms with E-state index in [1.807, 2.05) is 60.7 Å². The zero-order valence-electron chi connectivity index (χ0n) is 18.4. The third-order valence-corrected chi connectivity index (χ3v) is 7.76. The van der Waals surface area contributed by atoms with Gasteiger partial charge in [-0.15, -0.1) is 0 Å². The van der Waals surface area contributed by atoms with Crippen molar-refractivity contribution in [2.45, 2.75) is 18.3 Å². The summed E-state index contributed by atoms with van der Waals surface area (Å²) in [6, 6.07) is 22.4. The van der Waals surface area contributed by atoms with Gasteiger partial charge in [0.25, 0.3) is 0 Å². The monoisotopic (exact) mass is 546 g/mol. The average molecular weight is 547 g/mol. The molecule has 1 aromatic heterocycles. The molecule has 1 saturated carbocycles. The Hall–Kier alpha value is -3.49. The van der Waals surface area contributed by atoms with Gasteiger partial charge in [-0.2, -0.15) is 0 Å². The Labute approximate surface area is 214 Å². The second-order valence-electron chi connectivity index (χ2n) is 8.51. The summed E-state index contributed by atoms with van der Waals surface area (Å²) in [6.07, 6.45) is 1.47. The number of halogens is 1. The quantitative estimate of drug-likeness (QED) is 0.291. The smallest absolute Gasteiger partial charge is 0.236 e. The predicted octanol–water partition coefficient (Wildman–Crippen LogP) is 6.20. The van der Waals surface area contributed by atoms with Crippen LogP contribution in [0.1, 0.15) is 33.6 Å². The van der Waals surface area contributed by atoms with Gasteiger partial charge in [-0.25, -0.2) is 4.98 Å². The van der Waals surface area contributed by atoms with Crippen LogP contribution in [-0.2, 0) is 10.2 Å². The number of anilines is 1. The summed E-state index contributed by atoms with van der Waals surface area (Å²) >= 11 is 4.63. The fraction of sp³-hybridized carbons (Fsp3) is 0.148. The summed E-state index contributed by atoms with van der Waals surface area (Å²) in [4.78, 5) is 32.0. The number of ether oxygens (including phenoxy) is 2. The summed E-state index contributed by atoms with van der Waals surface area (Å²) in [7, 11) is 0. The van der Waals surface area contributed by atoms with Gasteiger partial charge in [-0.3, -0.25) is 9.59 Å². The molecule has 4 aromatic rings. The Bertz CT molecular complexity index is 1460. The second-order valence-corrected chi connectivity index (χ2v) is 10.4. The third-order valence-electron chi connectivity index (χ3n) is 6.30. The zero-order chi connectivity index (χ0) is 24.0. The highest BCUT2D eigenvalue weighted by Gasteiger charge is 2.52. The molecule has 6 rings (SSSR count). The topological polar surface area (TPSA) is 77.5 Å². The fourth-order valence-electron chi connectivity index (χ4n) is 4.26. The molecular formula is C27H19BrN2O4S. The molecule has 1 aliphatic heterocycles. The maximum absolute atomic E-state index is 13.4. The molecule has 1 fully saturated rings. The van der Waals surface area contributed by atoms with Crippen LogP contribution >= 0.6 is 27.3 Å². The summed E-state index contributed by atoms with van der Waals surface area (Å²) in [5.74, 6) is 1.07. The Morgan fingerprint density at radius 2 is 1.74 bits per heavy atom. The van der Waals surface area contributed by atoms with E-state index in [-0.39, 0.29) is 18.5 Å². The number of thiazole rings is 1. The molecule has 35 heavy (non-hydrogen) atoms. The van der Waals surface area contributed by atoms with Gasteiger partial charge in [0.2, 0.25) is 18.5 Å². The first-order valence-electron chi connectivity index (χ1n) is 11.1. The van der Waals surface area contributed by atoms with Gasteiger partial charge in [0.15, 0.2) is 16.6 Å². The lowest BCUT2D eigenvalue weighted by molar-refractivity contribution is -0.118. The molecule has 0 bridgehead atoms. The lowest BCUT2D eigenvalue weighted by Crippen LogP contribution is -2.27. The number of nitrogens with one attached hydrogen (secondary N) is 1. The van der Waals surface area contributed by atoms with Gasteiger partial charge in [0.1, 0.15) is 4.88 Å². The average Bonchev–Trinajstić information content (AvgIpc) is 3.38. The largest absolute Gasteiger partial charge is 0.454 e. The van der Waals surface area contributed by atoms with E-state index in [1.165, 1.54) is 11.3 Å². The highest BCUT2D eigenvalue weighted by atomic mass is 79.9. The Kier molecular flexibility index (Phi) is 5.42. The van der Waals surface area contributed by atoms with Crippen LogP contribution in [0.5, 0.6) is 11.5 Å². The molecule has 0 unspecified atom stereocenters. The first kappa shape index (κ1) is 22.0. The molecule has 1 N–H and O–H groups in total. The van der Waals surface area contributed by atoms with Crippen LogP contribution in [0, 0.1) is 0 Å². The molecule has 0 spiro atoms. The molecule has 174 valence electrons. The maximum Gasteiger partial charge on any atom is 0.236 e. The number of ketones is 1. The minimum absolute atomic E-state index is 0.133. The first-order chi connectivity index (χ1) is 17.0. The van der Waals surface area contributed by atoms with Crippen molar-refractivity contribution in [3.63, 3.8) is 0 Å². The normalized spacial score (nSPS) is 15.0. The molecular weight excluding hydrogens is 528 g/mol. The number of carbonyl (C=O) groups excluding carboxylic acids is 2. The molecule has 2 heterocycles. The van der Waals surface area contributed by atoms with E-state index in [1.54, 1.807) is 12.1 Å². The number of nitrogens with zero attached hydrogens (tertiary/aromatic N) is 1. The SMILES string of the molecule is O=C(c1cccc(Br)c1)c1sc(NC(=O)C2(c3ccc4c(c3)OCO4)CC2)nc1-c1ccccc1. The van der Waals surface area contributed by atoms with Crippen molar-refractivity contribution < 1.29 is 19.1 Å². The van der Waals surface area contributed by atoms with Crippen LogP contribution in [0.4, 0.5) is 5.13 Å². The Balaban J connectivity index is 1.33. The van der Waals surface area contributed by atoms with Crippen molar-refractivity contribution in [3.05, 3.63) is 93.3 Å². The number of amides is 1. The maximum atomic E-state index is 13.4. The van der Waals surface area contributed by atoms with Gasteiger partial charge in [-0.1, -0.05) is 75.8 Å². The molecule has 3 aromatic carbocycles. The van der Waals surface area contributed by atoms with Gasteiger partial charge in [0, 0.05) is 15.6 Å². The van der Waals surface area contributed by atoms with E-state index >= 15 is 0 Å². The highest BCUT2D eigenvalue weighted by Crippen LogP contribution is 2.51. The van der Waals surface area contributed by atoms with Crippen molar-refractivity contribution in [1.29, 1.82) is 0 Å². The predicted molar refractivity (Wildman–Crippen MR) is 137 cm³/mol. The summed E-state index contributed by atoms with van der Waals surface area (Å²) in [5.41, 5.74) is 2.19. The minimum Gasteiger partial charge on any atom is -0.454 e. The number of rotatable bonds is 6. The van der Waals surface area contributed by atoms with Gasteiger partial charge >= 0.3 is 0 Å². The Morgan fingerprint density at radius 3 is 2.51 bits per heavy atom. The molecule has 0 saturated heterocycles. The third kappa shape index (κ3) is 4.02. The van der Waals surface area contributed by atoms with Gasteiger partial charge in [-0.05, 0) is 42.7 Å². The molecule has 0 radical (unpaired) electrons. The van der Waals surface area contributed by atoms with Gasteiger partial charge in [0.05, 0.1) is 11.1 Å². The standard InChI is InChI=1S/C27H19BrN2O4S/c28-19-8-4-7-17(13-19)23(31)24-22(16-5-2-1-3-6-16)29-26(35-24)30-25(32)27(11-12-27)18-9-10-20-21(14-18)34-15-33-20/h1-10,13-14H,11-12,15H2,(H,29,30,32). The fourth-order valence-corrected chi connectivity index (χ4v) is 5.61. The number of fused-ring (bicyclic) bond motifs is 1. The lowest BCUT2D eigenvalue weighted by atomic mass is 9.94. The van der Waals surface area contributed by atoms with E-state index in [0.717, 1.165) is 28.4 Å². The van der Waals surface area contributed by atoms with Crippen molar-refractivity contribution in [2.24, 2.45) is 0 Å². The lowest BCUT2D eigenvalue weighted by Gasteiger charge is -2.15. The van der Waals surface area contributed by atoms with Crippen molar-refractivity contribution in [3.8, 4) is 22.8 Å². The minimum atomic E-state index is -0.631. The summed E-state index contributed by atoms with van der Waals surface area (Å²) in [6.45, 7) is 0.189. The van der Waals surface area contributed by atoms with Crippen LogP contribution in [0.3, 0.4) is 0 Å². The number of aromatic nitrogens is 1. The van der Waals surface area contributed by atoms with Crippen LogP contribution in [0.25, 0.3) is 11.3 Å². The molecule has 6 nitrogen and oxygen atoms in total. The van der Waals surface area contributed by atoms with E-state index in [0.29, 0.717) is 32.8 Å². The van der Waals surface area contributed by atoms with Crippen molar-refractivity contribution in [1.82, 2.24) is 4.98 Å². The second kappa shape index (κ2) is 8.62.